The van der Waals surface area contributed by atoms with Crippen LogP contribution in [-0.4, -0.2) is 29.9 Å². The molecule has 2 aromatic rings. The second-order valence-corrected chi connectivity index (χ2v) is 5.77. The van der Waals surface area contributed by atoms with Crippen LogP contribution in [0.4, 0.5) is 0 Å². The van der Waals surface area contributed by atoms with Gasteiger partial charge in [0, 0.05) is 11.8 Å². The van der Waals surface area contributed by atoms with Crippen LogP contribution in [-0.2, 0) is 15.6 Å². The Morgan fingerprint density at radius 2 is 1.94 bits per heavy atom. The lowest BCUT2D eigenvalue weighted by Gasteiger charge is -1.93. The third kappa shape index (κ3) is 3.04. The fourth-order valence-corrected chi connectivity index (χ4v) is 1.85. The molecule has 1 heterocycles. The molecular formula is C10H10N2O4S. The zero-order valence-electron chi connectivity index (χ0n) is 8.99. The van der Waals surface area contributed by atoms with E-state index in [9.17, 15) is 8.42 Å². The van der Waals surface area contributed by atoms with Gasteiger partial charge in [-0.2, -0.15) is 4.98 Å². The summed E-state index contributed by atoms with van der Waals surface area (Å²) in [5.41, 5.74) is 0.620. The molecule has 90 valence electrons. The van der Waals surface area contributed by atoms with Crippen LogP contribution in [0.2, 0.25) is 0 Å². The molecule has 0 aliphatic rings. The zero-order chi connectivity index (χ0) is 12.5. The van der Waals surface area contributed by atoms with Gasteiger partial charge >= 0.3 is 0 Å². The van der Waals surface area contributed by atoms with E-state index in [0.717, 1.165) is 6.26 Å². The molecule has 17 heavy (non-hydrogen) atoms. The van der Waals surface area contributed by atoms with Gasteiger partial charge in [0.2, 0.25) is 0 Å². The van der Waals surface area contributed by atoms with Gasteiger partial charge in [0.15, 0.2) is 15.7 Å². The van der Waals surface area contributed by atoms with Crippen molar-refractivity contribution in [3.8, 4) is 17.2 Å². The standard InChI is InChI=1S/C10H10N2O4S/c1-17(14,15)6-9-11-10(16-12-9)7-2-4-8(13)5-3-7/h2-5,13H,6H2,1H3. The summed E-state index contributed by atoms with van der Waals surface area (Å²) in [6, 6.07) is 6.17. The van der Waals surface area contributed by atoms with Crippen LogP contribution >= 0.6 is 0 Å². The van der Waals surface area contributed by atoms with Crippen LogP contribution in [0.1, 0.15) is 5.82 Å². The van der Waals surface area contributed by atoms with E-state index >= 15 is 0 Å². The van der Waals surface area contributed by atoms with Crippen LogP contribution in [0.5, 0.6) is 5.75 Å². The Bertz CT molecular complexity index is 616. The monoisotopic (exact) mass is 254 g/mol. The number of hydrogen-bond acceptors (Lipinski definition) is 6. The van der Waals surface area contributed by atoms with Gasteiger partial charge in [0.1, 0.15) is 11.5 Å². The van der Waals surface area contributed by atoms with Crippen molar-refractivity contribution in [1.29, 1.82) is 0 Å². The van der Waals surface area contributed by atoms with Crippen molar-refractivity contribution in [3.63, 3.8) is 0 Å². The Kier molecular flexibility index (Phi) is 2.84. The molecule has 0 saturated carbocycles. The minimum atomic E-state index is -3.18. The average molecular weight is 254 g/mol. The number of aromatic hydroxyl groups is 1. The predicted octanol–water partition coefficient (Wildman–Crippen LogP) is 0.987. The van der Waals surface area contributed by atoms with Crippen LogP contribution in [0.25, 0.3) is 11.5 Å². The molecule has 0 atom stereocenters. The van der Waals surface area contributed by atoms with Crippen molar-refractivity contribution in [2.75, 3.05) is 6.26 Å². The van der Waals surface area contributed by atoms with E-state index in [4.69, 9.17) is 9.63 Å². The van der Waals surface area contributed by atoms with Gasteiger partial charge in [0.05, 0.1) is 0 Å². The van der Waals surface area contributed by atoms with Gasteiger partial charge in [-0.1, -0.05) is 5.16 Å². The number of phenols is 1. The number of sulfone groups is 1. The summed E-state index contributed by atoms with van der Waals surface area (Å²) in [5.74, 6) is 0.220. The fourth-order valence-electron chi connectivity index (χ4n) is 1.27. The number of nitrogens with zero attached hydrogens (tertiary/aromatic N) is 2. The number of hydrogen-bond donors (Lipinski definition) is 1. The molecule has 0 aliphatic carbocycles. The molecule has 1 N–H and O–H groups in total. The van der Waals surface area contributed by atoms with Crippen molar-refractivity contribution in [1.82, 2.24) is 10.1 Å². The highest BCUT2D eigenvalue weighted by atomic mass is 32.2. The first-order chi connectivity index (χ1) is 7.94. The van der Waals surface area contributed by atoms with E-state index in [0.29, 0.717) is 5.56 Å². The van der Waals surface area contributed by atoms with Crippen molar-refractivity contribution in [2.45, 2.75) is 5.75 Å². The number of rotatable bonds is 3. The Hall–Kier alpha value is -1.89. The molecule has 0 saturated heterocycles. The van der Waals surface area contributed by atoms with Crippen molar-refractivity contribution in [2.24, 2.45) is 0 Å². The maximum absolute atomic E-state index is 11.0. The van der Waals surface area contributed by atoms with Crippen molar-refractivity contribution in [3.05, 3.63) is 30.1 Å². The first kappa shape index (κ1) is 11.6. The molecule has 2 rings (SSSR count). The van der Waals surface area contributed by atoms with Crippen LogP contribution in [0.3, 0.4) is 0 Å². The van der Waals surface area contributed by atoms with Gasteiger partial charge in [0.25, 0.3) is 5.89 Å². The summed E-state index contributed by atoms with van der Waals surface area (Å²) >= 11 is 0. The second kappa shape index (κ2) is 4.17. The van der Waals surface area contributed by atoms with Gasteiger partial charge in [-0.05, 0) is 24.3 Å². The van der Waals surface area contributed by atoms with Gasteiger partial charge in [-0.3, -0.25) is 0 Å². The van der Waals surface area contributed by atoms with E-state index < -0.39 is 9.84 Å². The van der Waals surface area contributed by atoms with E-state index in [-0.39, 0.29) is 23.2 Å². The van der Waals surface area contributed by atoms with Gasteiger partial charge < -0.3 is 9.63 Å². The summed E-state index contributed by atoms with van der Waals surface area (Å²) in [5, 5.41) is 12.7. The van der Waals surface area contributed by atoms with E-state index in [2.05, 4.69) is 10.1 Å². The molecule has 0 spiro atoms. The second-order valence-electron chi connectivity index (χ2n) is 3.63. The fraction of sp³-hybridized carbons (Fsp3) is 0.200. The summed E-state index contributed by atoms with van der Waals surface area (Å²) in [7, 11) is -3.18. The maximum Gasteiger partial charge on any atom is 0.257 e. The Balaban J connectivity index is 2.27. The Morgan fingerprint density at radius 1 is 1.29 bits per heavy atom. The third-order valence-electron chi connectivity index (χ3n) is 1.97. The number of phenolic OH excluding ortho intramolecular Hbond substituents is 1. The molecule has 0 bridgehead atoms. The van der Waals surface area contributed by atoms with Gasteiger partial charge in [-0.15, -0.1) is 0 Å². The minimum Gasteiger partial charge on any atom is -0.508 e. The molecule has 0 radical (unpaired) electrons. The number of aromatic nitrogens is 2. The molecule has 0 aliphatic heterocycles. The first-order valence-electron chi connectivity index (χ1n) is 4.74. The van der Waals surface area contributed by atoms with Crippen LogP contribution < -0.4 is 0 Å². The quantitative estimate of drug-likeness (QED) is 0.877. The normalized spacial score (nSPS) is 11.6. The summed E-state index contributed by atoms with van der Waals surface area (Å²) in [6.07, 6.45) is 1.10. The summed E-state index contributed by atoms with van der Waals surface area (Å²) < 4.78 is 27.0. The maximum atomic E-state index is 11.0. The summed E-state index contributed by atoms with van der Waals surface area (Å²) in [6.45, 7) is 0. The lowest BCUT2D eigenvalue weighted by molar-refractivity contribution is 0.424. The van der Waals surface area contributed by atoms with Gasteiger partial charge in [-0.25, -0.2) is 8.42 Å². The number of benzene rings is 1. The van der Waals surface area contributed by atoms with E-state index in [1.54, 1.807) is 12.1 Å². The molecule has 7 heteroatoms. The topological polar surface area (TPSA) is 93.3 Å². The third-order valence-corrected chi connectivity index (χ3v) is 2.76. The zero-order valence-corrected chi connectivity index (χ0v) is 9.81. The highest BCUT2D eigenvalue weighted by Gasteiger charge is 2.13. The highest BCUT2D eigenvalue weighted by Crippen LogP contribution is 2.20. The molecule has 6 nitrogen and oxygen atoms in total. The van der Waals surface area contributed by atoms with Crippen LogP contribution in [0, 0.1) is 0 Å². The predicted molar refractivity (Wildman–Crippen MR) is 59.9 cm³/mol. The smallest absolute Gasteiger partial charge is 0.257 e. The van der Waals surface area contributed by atoms with E-state index in [1.165, 1.54) is 12.1 Å². The lowest BCUT2D eigenvalue weighted by atomic mass is 10.2. The molecule has 1 aromatic heterocycles. The Morgan fingerprint density at radius 3 is 2.53 bits per heavy atom. The molecular weight excluding hydrogens is 244 g/mol. The largest absolute Gasteiger partial charge is 0.508 e. The lowest BCUT2D eigenvalue weighted by Crippen LogP contribution is -2.02. The van der Waals surface area contributed by atoms with Crippen LogP contribution in [0.15, 0.2) is 28.8 Å². The molecule has 0 fully saturated rings. The molecule has 1 aromatic carbocycles. The minimum absolute atomic E-state index is 0.121. The highest BCUT2D eigenvalue weighted by molar-refractivity contribution is 7.89. The van der Waals surface area contributed by atoms with E-state index in [1.807, 2.05) is 0 Å². The first-order valence-corrected chi connectivity index (χ1v) is 6.80. The molecule has 0 unspecified atom stereocenters. The SMILES string of the molecule is CS(=O)(=O)Cc1noc(-c2ccc(O)cc2)n1. The Labute approximate surface area is 97.8 Å². The van der Waals surface area contributed by atoms with Crippen molar-refractivity contribution < 1.29 is 18.0 Å². The van der Waals surface area contributed by atoms with Crippen molar-refractivity contribution >= 4 is 9.84 Å². The molecule has 0 amide bonds. The average Bonchev–Trinajstić information content (AvgIpc) is 2.64. The summed E-state index contributed by atoms with van der Waals surface area (Å²) in [4.78, 5) is 3.96.